The Bertz CT molecular complexity index is 93.8. The molecule has 4 nitrogen and oxygen atoms in total. The number of hydrogen-bond donors (Lipinski definition) is 2. The van der Waals surface area contributed by atoms with Crippen molar-refractivity contribution in [2.45, 2.75) is 4.05 Å². The van der Waals surface area contributed by atoms with Crippen LogP contribution in [0, 0.1) is 0 Å². The van der Waals surface area contributed by atoms with E-state index in [4.69, 9.17) is 11.5 Å². The fourth-order valence-corrected chi connectivity index (χ4v) is 0.438. The highest BCUT2D eigenvalue weighted by Gasteiger charge is 1.93. The fraction of sp³-hybridized carbons (Fsp3) is 0.800. The number of aliphatic imine (C=N–C) groups is 1. The summed E-state index contributed by atoms with van der Waals surface area (Å²) < 4.78 is 0.159. The second-order valence-corrected chi connectivity index (χ2v) is 3.31. The molecular formula is C5H13IN4. The van der Waals surface area contributed by atoms with Gasteiger partial charge in [0.05, 0.1) is 13.0 Å². The average Bonchev–Trinajstić information content (AvgIpc) is 1.99. The lowest BCUT2D eigenvalue weighted by atomic mass is 10.7. The van der Waals surface area contributed by atoms with Crippen molar-refractivity contribution in [2.75, 3.05) is 20.3 Å². The van der Waals surface area contributed by atoms with Gasteiger partial charge in [-0.3, -0.25) is 4.99 Å². The highest BCUT2D eigenvalue weighted by molar-refractivity contribution is 14.1. The van der Waals surface area contributed by atoms with Crippen LogP contribution in [0.3, 0.4) is 0 Å². The van der Waals surface area contributed by atoms with Crippen LogP contribution in [0.4, 0.5) is 0 Å². The molecule has 0 radical (unpaired) electrons. The molecule has 0 aliphatic heterocycles. The zero-order valence-corrected chi connectivity index (χ0v) is 8.15. The molecule has 0 aromatic carbocycles. The average molecular weight is 256 g/mol. The van der Waals surface area contributed by atoms with Gasteiger partial charge in [-0.25, -0.2) is 0 Å². The minimum Gasteiger partial charge on any atom is -0.353 e. The molecule has 0 spiro atoms. The van der Waals surface area contributed by atoms with Gasteiger partial charge in [0.15, 0.2) is 0 Å². The Hall–Kier alpha value is 0.120. The van der Waals surface area contributed by atoms with Crippen LogP contribution in [0.25, 0.3) is 0 Å². The molecule has 4 N–H and O–H groups in total. The van der Waals surface area contributed by atoms with E-state index in [0.717, 1.165) is 0 Å². The minimum atomic E-state index is 0.159. The van der Waals surface area contributed by atoms with Crippen LogP contribution in [-0.4, -0.2) is 35.5 Å². The van der Waals surface area contributed by atoms with Crippen molar-refractivity contribution in [3.63, 3.8) is 0 Å². The Morgan fingerprint density at radius 3 is 2.70 bits per heavy atom. The van der Waals surface area contributed by atoms with Gasteiger partial charge in [0, 0.05) is 13.6 Å². The molecule has 1 atom stereocenters. The summed E-state index contributed by atoms with van der Waals surface area (Å²) in [6.45, 7) is 1.05. The first-order valence-electron chi connectivity index (χ1n) is 2.98. The van der Waals surface area contributed by atoms with Crippen molar-refractivity contribution in [1.29, 1.82) is 0 Å². The van der Waals surface area contributed by atoms with Crippen LogP contribution in [0.15, 0.2) is 4.99 Å². The smallest absolute Gasteiger partial charge is 0.115 e. The van der Waals surface area contributed by atoms with Gasteiger partial charge >= 0.3 is 0 Å². The summed E-state index contributed by atoms with van der Waals surface area (Å²) in [5, 5.41) is 0. The Labute approximate surface area is 74.8 Å². The van der Waals surface area contributed by atoms with Gasteiger partial charge in [0.25, 0.3) is 0 Å². The first-order chi connectivity index (χ1) is 4.70. The zero-order valence-electron chi connectivity index (χ0n) is 6.00. The molecule has 0 aliphatic rings. The molecule has 0 saturated carbocycles. The second kappa shape index (κ2) is 5.87. The van der Waals surface area contributed by atoms with Crippen molar-refractivity contribution < 1.29 is 0 Å². The summed E-state index contributed by atoms with van der Waals surface area (Å²) in [4.78, 5) is 5.89. The van der Waals surface area contributed by atoms with Gasteiger partial charge in [0.2, 0.25) is 0 Å². The van der Waals surface area contributed by atoms with Crippen LogP contribution in [0.5, 0.6) is 0 Å². The molecule has 0 amide bonds. The molecule has 5 heteroatoms. The molecule has 0 aliphatic carbocycles. The number of nitrogens with zero attached hydrogens (tertiary/aromatic N) is 2. The van der Waals surface area contributed by atoms with Gasteiger partial charge in [-0.05, 0) is 0 Å². The molecule has 0 aromatic rings. The van der Waals surface area contributed by atoms with Crippen LogP contribution < -0.4 is 11.5 Å². The van der Waals surface area contributed by atoms with Gasteiger partial charge < -0.3 is 16.4 Å². The summed E-state index contributed by atoms with van der Waals surface area (Å²) in [6, 6.07) is 0. The molecule has 0 rings (SSSR count). The summed E-state index contributed by atoms with van der Waals surface area (Å²) in [7, 11) is 1.86. The molecule has 10 heavy (non-hydrogen) atoms. The lowest BCUT2D eigenvalue weighted by Crippen LogP contribution is -2.25. The third-order valence-electron chi connectivity index (χ3n) is 0.908. The minimum absolute atomic E-state index is 0.159. The van der Waals surface area contributed by atoms with Crippen molar-refractivity contribution in [2.24, 2.45) is 16.5 Å². The second-order valence-electron chi connectivity index (χ2n) is 1.87. The summed E-state index contributed by atoms with van der Waals surface area (Å²) >= 11 is 2.16. The quantitative estimate of drug-likeness (QED) is 0.179. The van der Waals surface area contributed by atoms with E-state index in [-0.39, 0.29) is 4.05 Å². The van der Waals surface area contributed by atoms with Gasteiger partial charge in [-0.1, -0.05) is 22.6 Å². The standard InChI is InChI=1S/C5H13IN4/c1-10(3-8)4-9-5(6)2-7/h4-5H,2-3,7-8H2,1H3. The van der Waals surface area contributed by atoms with Gasteiger partial charge in [0.1, 0.15) is 4.05 Å². The zero-order chi connectivity index (χ0) is 7.98. The van der Waals surface area contributed by atoms with E-state index >= 15 is 0 Å². The highest BCUT2D eigenvalue weighted by Crippen LogP contribution is 1.97. The Morgan fingerprint density at radius 2 is 2.30 bits per heavy atom. The predicted octanol–water partition coefficient (Wildman–Crippen LogP) is -0.417. The Kier molecular flexibility index (Phi) is 5.94. The van der Waals surface area contributed by atoms with Crippen LogP contribution in [-0.2, 0) is 0 Å². The van der Waals surface area contributed by atoms with Gasteiger partial charge in [-0.2, -0.15) is 0 Å². The Balaban J connectivity index is 3.52. The molecule has 0 bridgehead atoms. The third-order valence-corrected chi connectivity index (χ3v) is 1.74. The normalized spacial score (nSPS) is 14.0. The third kappa shape index (κ3) is 4.95. The number of hydrogen-bond acceptors (Lipinski definition) is 3. The van der Waals surface area contributed by atoms with Crippen LogP contribution >= 0.6 is 22.6 Å². The summed E-state index contributed by atoms with van der Waals surface area (Å²) in [5.41, 5.74) is 10.6. The lowest BCUT2D eigenvalue weighted by Gasteiger charge is -2.08. The van der Waals surface area contributed by atoms with E-state index in [9.17, 15) is 0 Å². The molecular weight excluding hydrogens is 243 g/mol. The van der Waals surface area contributed by atoms with E-state index in [1.54, 1.807) is 11.2 Å². The van der Waals surface area contributed by atoms with Crippen LogP contribution in [0.1, 0.15) is 0 Å². The van der Waals surface area contributed by atoms with E-state index < -0.39 is 0 Å². The number of nitrogens with two attached hydrogens (primary N) is 2. The number of alkyl halides is 1. The maximum Gasteiger partial charge on any atom is 0.115 e. The molecule has 0 heterocycles. The SMILES string of the molecule is CN(C=NC(I)CN)CN. The summed E-state index contributed by atoms with van der Waals surface area (Å²) in [6.07, 6.45) is 1.70. The van der Waals surface area contributed by atoms with E-state index in [0.29, 0.717) is 13.2 Å². The topological polar surface area (TPSA) is 67.6 Å². The molecule has 0 fully saturated rings. The Morgan fingerprint density at radius 1 is 1.70 bits per heavy atom. The van der Waals surface area contributed by atoms with E-state index in [2.05, 4.69) is 27.6 Å². The van der Waals surface area contributed by atoms with Crippen molar-refractivity contribution in [1.82, 2.24) is 4.90 Å². The largest absolute Gasteiger partial charge is 0.353 e. The first-order valence-corrected chi connectivity index (χ1v) is 4.23. The molecule has 1 unspecified atom stereocenters. The molecule has 0 aromatic heterocycles. The number of halogens is 1. The highest BCUT2D eigenvalue weighted by atomic mass is 127. The summed E-state index contributed by atoms with van der Waals surface area (Å²) in [5.74, 6) is 0. The van der Waals surface area contributed by atoms with Crippen LogP contribution in [0.2, 0.25) is 0 Å². The van der Waals surface area contributed by atoms with E-state index in [1.165, 1.54) is 0 Å². The molecule has 0 saturated heterocycles. The maximum absolute atomic E-state index is 5.33. The van der Waals surface area contributed by atoms with Crippen molar-refractivity contribution in [3.05, 3.63) is 0 Å². The predicted molar refractivity (Wildman–Crippen MR) is 52.2 cm³/mol. The monoisotopic (exact) mass is 256 g/mol. The van der Waals surface area contributed by atoms with Crippen molar-refractivity contribution in [3.8, 4) is 0 Å². The van der Waals surface area contributed by atoms with Gasteiger partial charge in [-0.15, -0.1) is 0 Å². The first kappa shape index (κ1) is 10.1. The fourth-order valence-electron chi connectivity index (χ4n) is 0.294. The molecule has 60 valence electrons. The maximum atomic E-state index is 5.33. The number of rotatable bonds is 4. The lowest BCUT2D eigenvalue weighted by molar-refractivity contribution is 0.534. The van der Waals surface area contributed by atoms with E-state index in [1.807, 2.05) is 7.05 Å². The van der Waals surface area contributed by atoms with Crippen molar-refractivity contribution >= 4 is 28.9 Å².